The van der Waals surface area contributed by atoms with Gasteiger partial charge in [-0.1, -0.05) is 30.3 Å². The smallest absolute Gasteiger partial charge is 0.410 e. The van der Waals surface area contributed by atoms with Crippen molar-refractivity contribution >= 4 is 16.9 Å². The first-order valence-electron chi connectivity index (χ1n) is 8.42. The Hall–Kier alpha value is -2.23. The fourth-order valence-corrected chi connectivity index (χ4v) is 3.36. The van der Waals surface area contributed by atoms with Crippen LogP contribution in [0, 0.1) is 0 Å². The second kappa shape index (κ2) is 6.34. The highest BCUT2D eigenvalue weighted by Crippen LogP contribution is 2.39. The Balaban J connectivity index is 1.88. The maximum atomic E-state index is 12.3. The van der Waals surface area contributed by atoms with E-state index in [1.807, 2.05) is 39.0 Å². The van der Waals surface area contributed by atoms with Crippen LogP contribution in [0.25, 0.3) is 10.8 Å². The number of likely N-dealkylation sites (tertiary alicyclic amines) is 1. The number of hydrogen-bond acceptors (Lipinski definition) is 3. The lowest BCUT2D eigenvalue weighted by Crippen LogP contribution is -2.35. The third-order valence-corrected chi connectivity index (χ3v) is 4.40. The first-order chi connectivity index (χ1) is 11.4. The second-order valence-electron chi connectivity index (χ2n) is 7.31. The predicted molar refractivity (Wildman–Crippen MR) is 95.7 cm³/mol. The largest absolute Gasteiger partial charge is 0.496 e. The molecule has 1 unspecified atom stereocenters. The zero-order valence-electron chi connectivity index (χ0n) is 14.8. The van der Waals surface area contributed by atoms with E-state index in [1.165, 1.54) is 16.3 Å². The van der Waals surface area contributed by atoms with Crippen LogP contribution in [0.4, 0.5) is 4.79 Å². The number of amides is 1. The van der Waals surface area contributed by atoms with E-state index >= 15 is 0 Å². The molecule has 1 saturated heterocycles. The predicted octanol–water partition coefficient (Wildman–Crippen LogP) is 4.57. The molecular weight excluding hydrogens is 302 g/mol. The molecule has 1 fully saturated rings. The Bertz CT molecular complexity index is 748. The Labute approximate surface area is 143 Å². The molecule has 0 saturated carbocycles. The zero-order chi connectivity index (χ0) is 17.3. The minimum atomic E-state index is -0.466. The first-order valence-corrected chi connectivity index (χ1v) is 8.42. The number of rotatable bonds is 2. The average molecular weight is 327 g/mol. The minimum Gasteiger partial charge on any atom is -0.496 e. The molecule has 1 amide bonds. The van der Waals surface area contributed by atoms with E-state index < -0.39 is 5.60 Å². The molecule has 1 atom stereocenters. The van der Waals surface area contributed by atoms with Gasteiger partial charge >= 0.3 is 6.09 Å². The molecule has 128 valence electrons. The van der Waals surface area contributed by atoms with E-state index in [-0.39, 0.29) is 12.0 Å². The summed E-state index contributed by atoms with van der Waals surface area (Å²) in [5.74, 6) is 1.16. The lowest BCUT2D eigenvalue weighted by atomic mass is 9.92. The van der Waals surface area contributed by atoms with Crippen LogP contribution in [0.1, 0.15) is 38.7 Å². The van der Waals surface area contributed by atoms with Gasteiger partial charge in [0, 0.05) is 24.6 Å². The van der Waals surface area contributed by atoms with Crippen molar-refractivity contribution in [1.29, 1.82) is 0 Å². The quantitative estimate of drug-likeness (QED) is 0.811. The van der Waals surface area contributed by atoms with Gasteiger partial charge in [-0.15, -0.1) is 0 Å². The molecule has 4 heteroatoms. The highest BCUT2D eigenvalue weighted by atomic mass is 16.6. The monoisotopic (exact) mass is 327 g/mol. The standard InChI is InChI=1S/C20H25NO3/c1-20(2,3)24-19(22)21-12-11-15(13-21)18-16-8-6-5-7-14(16)9-10-17(18)23-4/h5-10,15H,11-13H2,1-4H3. The van der Waals surface area contributed by atoms with E-state index in [0.29, 0.717) is 13.1 Å². The van der Waals surface area contributed by atoms with Crippen LogP contribution < -0.4 is 4.74 Å². The molecule has 0 spiro atoms. The SMILES string of the molecule is COc1ccc2ccccc2c1C1CCN(C(=O)OC(C)(C)C)C1. The Morgan fingerprint density at radius 1 is 1.17 bits per heavy atom. The summed E-state index contributed by atoms with van der Waals surface area (Å²) in [6.07, 6.45) is 0.688. The highest BCUT2D eigenvalue weighted by Gasteiger charge is 2.32. The molecule has 1 aliphatic heterocycles. The van der Waals surface area contributed by atoms with Gasteiger partial charge in [-0.05, 0) is 44.0 Å². The van der Waals surface area contributed by atoms with Gasteiger partial charge in [0.05, 0.1) is 7.11 Å². The lowest BCUT2D eigenvalue weighted by Gasteiger charge is -2.24. The Morgan fingerprint density at radius 2 is 1.92 bits per heavy atom. The molecule has 0 bridgehead atoms. The van der Waals surface area contributed by atoms with Gasteiger partial charge in [-0.3, -0.25) is 0 Å². The van der Waals surface area contributed by atoms with Gasteiger partial charge in [-0.25, -0.2) is 4.79 Å². The number of benzene rings is 2. The van der Waals surface area contributed by atoms with E-state index in [9.17, 15) is 4.79 Å². The van der Waals surface area contributed by atoms with Gasteiger partial charge in [0.2, 0.25) is 0 Å². The maximum Gasteiger partial charge on any atom is 0.410 e. The molecule has 2 aromatic rings. The molecule has 24 heavy (non-hydrogen) atoms. The van der Waals surface area contributed by atoms with E-state index in [4.69, 9.17) is 9.47 Å². The second-order valence-corrected chi connectivity index (χ2v) is 7.31. The summed E-state index contributed by atoms with van der Waals surface area (Å²) in [4.78, 5) is 14.1. The molecule has 3 rings (SSSR count). The number of nitrogens with zero attached hydrogens (tertiary/aromatic N) is 1. The van der Waals surface area contributed by atoms with Crippen molar-refractivity contribution < 1.29 is 14.3 Å². The summed E-state index contributed by atoms with van der Waals surface area (Å²) in [6, 6.07) is 12.4. The summed E-state index contributed by atoms with van der Waals surface area (Å²) >= 11 is 0. The van der Waals surface area contributed by atoms with E-state index in [2.05, 4.69) is 18.2 Å². The molecule has 2 aromatic carbocycles. The van der Waals surface area contributed by atoms with Gasteiger partial charge in [-0.2, -0.15) is 0 Å². The number of methoxy groups -OCH3 is 1. The molecule has 1 heterocycles. The van der Waals surface area contributed by atoms with Crippen molar-refractivity contribution in [3.8, 4) is 5.75 Å². The lowest BCUT2D eigenvalue weighted by molar-refractivity contribution is 0.0292. The summed E-state index contributed by atoms with van der Waals surface area (Å²) in [5, 5.41) is 2.40. The molecule has 0 radical (unpaired) electrons. The molecule has 0 aromatic heterocycles. The number of carbonyl (C=O) groups excluding carboxylic acids is 1. The van der Waals surface area contributed by atoms with Crippen LogP contribution >= 0.6 is 0 Å². The van der Waals surface area contributed by atoms with Gasteiger partial charge < -0.3 is 14.4 Å². The van der Waals surface area contributed by atoms with Crippen molar-refractivity contribution in [2.75, 3.05) is 20.2 Å². The maximum absolute atomic E-state index is 12.3. The van der Waals surface area contributed by atoms with Crippen molar-refractivity contribution in [3.05, 3.63) is 42.0 Å². The number of fused-ring (bicyclic) bond motifs is 1. The van der Waals surface area contributed by atoms with Crippen molar-refractivity contribution in [2.24, 2.45) is 0 Å². The van der Waals surface area contributed by atoms with E-state index in [1.54, 1.807) is 12.0 Å². The fraction of sp³-hybridized carbons (Fsp3) is 0.450. The van der Waals surface area contributed by atoms with Gasteiger partial charge in [0.1, 0.15) is 11.4 Å². The molecule has 0 N–H and O–H groups in total. The first kappa shape index (κ1) is 16.6. The number of carbonyl (C=O) groups is 1. The van der Waals surface area contributed by atoms with Crippen molar-refractivity contribution in [2.45, 2.75) is 38.7 Å². The van der Waals surface area contributed by atoms with Crippen LogP contribution in [0.5, 0.6) is 5.75 Å². The summed E-state index contributed by atoms with van der Waals surface area (Å²) in [6.45, 7) is 7.07. The van der Waals surface area contributed by atoms with Crippen LogP contribution in [0.15, 0.2) is 36.4 Å². The number of ether oxygens (including phenoxy) is 2. The summed E-state index contributed by atoms with van der Waals surface area (Å²) in [7, 11) is 1.70. The van der Waals surface area contributed by atoms with Crippen LogP contribution in [-0.2, 0) is 4.74 Å². The Kier molecular flexibility index (Phi) is 4.39. The fourth-order valence-electron chi connectivity index (χ4n) is 3.36. The van der Waals surface area contributed by atoms with Crippen LogP contribution in [0.2, 0.25) is 0 Å². The average Bonchev–Trinajstić information content (AvgIpc) is 3.01. The van der Waals surface area contributed by atoms with Crippen molar-refractivity contribution in [3.63, 3.8) is 0 Å². The summed E-state index contributed by atoms with van der Waals surface area (Å²) in [5.41, 5.74) is 0.730. The molecule has 0 aliphatic carbocycles. The minimum absolute atomic E-state index is 0.232. The normalized spacial score (nSPS) is 18.0. The molecule has 1 aliphatic rings. The van der Waals surface area contributed by atoms with Gasteiger partial charge in [0.25, 0.3) is 0 Å². The van der Waals surface area contributed by atoms with E-state index in [0.717, 1.165) is 12.2 Å². The zero-order valence-corrected chi connectivity index (χ0v) is 14.8. The third kappa shape index (κ3) is 3.32. The number of hydrogen-bond donors (Lipinski definition) is 0. The van der Waals surface area contributed by atoms with Crippen LogP contribution in [-0.4, -0.2) is 36.8 Å². The summed E-state index contributed by atoms with van der Waals surface area (Å²) < 4.78 is 11.1. The molecular formula is C20H25NO3. The topological polar surface area (TPSA) is 38.8 Å². The third-order valence-electron chi connectivity index (χ3n) is 4.40. The molecule has 4 nitrogen and oxygen atoms in total. The van der Waals surface area contributed by atoms with Crippen molar-refractivity contribution in [1.82, 2.24) is 4.90 Å². The highest BCUT2D eigenvalue weighted by molar-refractivity contribution is 5.88. The Morgan fingerprint density at radius 3 is 2.62 bits per heavy atom. The van der Waals surface area contributed by atoms with Gasteiger partial charge in [0.15, 0.2) is 0 Å². The van der Waals surface area contributed by atoms with Crippen LogP contribution in [0.3, 0.4) is 0 Å².